The van der Waals surface area contributed by atoms with Gasteiger partial charge in [0.2, 0.25) is 0 Å². The third-order valence-electron chi connectivity index (χ3n) is 2.50. The van der Waals surface area contributed by atoms with E-state index >= 15 is 0 Å². The van der Waals surface area contributed by atoms with Crippen LogP contribution in [0.15, 0.2) is 18.2 Å². The number of carboxylic acid groups (broad SMARTS) is 1. The summed E-state index contributed by atoms with van der Waals surface area (Å²) >= 11 is 0. The first-order valence-electron chi connectivity index (χ1n) is 5.41. The number of carbonyl (C=O) groups excluding carboxylic acids is 1. The molecule has 0 aliphatic rings. The average Bonchev–Trinajstić information content (AvgIpc) is 2.25. The SMILES string of the molecule is CC(=O)c1ccc(OCC(C)(C)C(=O)O)cc1F. The molecular weight excluding hydrogens is 239 g/mol. The minimum atomic E-state index is -1.06. The Morgan fingerprint density at radius 2 is 2.00 bits per heavy atom. The molecule has 0 bridgehead atoms. The lowest BCUT2D eigenvalue weighted by Crippen LogP contribution is -2.30. The number of hydrogen-bond acceptors (Lipinski definition) is 3. The van der Waals surface area contributed by atoms with Crippen LogP contribution in [0.5, 0.6) is 5.75 Å². The fourth-order valence-electron chi connectivity index (χ4n) is 1.20. The quantitative estimate of drug-likeness (QED) is 0.820. The maximum absolute atomic E-state index is 13.5. The van der Waals surface area contributed by atoms with Gasteiger partial charge < -0.3 is 9.84 Å². The maximum atomic E-state index is 13.5. The van der Waals surface area contributed by atoms with Crippen LogP contribution in [-0.4, -0.2) is 23.5 Å². The minimum absolute atomic E-state index is 0.0140. The molecule has 0 fully saturated rings. The summed E-state index contributed by atoms with van der Waals surface area (Å²) in [6.07, 6.45) is 0. The van der Waals surface area contributed by atoms with E-state index < -0.39 is 17.2 Å². The topological polar surface area (TPSA) is 63.6 Å². The van der Waals surface area contributed by atoms with E-state index in [0.29, 0.717) is 0 Å². The van der Waals surface area contributed by atoms with Crippen molar-refractivity contribution in [2.24, 2.45) is 5.41 Å². The Kier molecular flexibility index (Phi) is 4.06. The number of ether oxygens (including phenoxy) is 1. The molecule has 0 spiro atoms. The molecule has 4 nitrogen and oxygen atoms in total. The van der Waals surface area contributed by atoms with Crippen molar-refractivity contribution in [2.45, 2.75) is 20.8 Å². The summed E-state index contributed by atoms with van der Waals surface area (Å²) in [7, 11) is 0. The molecule has 0 saturated heterocycles. The molecule has 1 aromatic rings. The van der Waals surface area contributed by atoms with Gasteiger partial charge in [0.25, 0.3) is 0 Å². The monoisotopic (exact) mass is 254 g/mol. The van der Waals surface area contributed by atoms with E-state index in [0.717, 1.165) is 6.07 Å². The zero-order valence-corrected chi connectivity index (χ0v) is 10.5. The summed E-state index contributed by atoms with van der Waals surface area (Å²) < 4.78 is 18.7. The van der Waals surface area contributed by atoms with Crippen LogP contribution in [0, 0.1) is 11.2 Å². The summed E-state index contributed by atoms with van der Waals surface area (Å²) in [5.74, 6) is -1.84. The second-order valence-electron chi connectivity index (χ2n) is 4.68. The van der Waals surface area contributed by atoms with Crippen LogP contribution in [0.1, 0.15) is 31.1 Å². The fourth-order valence-corrected chi connectivity index (χ4v) is 1.20. The molecule has 1 rings (SSSR count). The van der Waals surface area contributed by atoms with Gasteiger partial charge in [0.15, 0.2) is 5.78 Å². The molecule has 18 heavy (non-hydrogen) atoms. The molecule has 5 heteroatoms. The molecule has 0 aliphatic heterocycles. The van der Waals surface area contributed by atoms with Crippen molar-refractivity contribution >= 4 is 11.8 Å². The van der Waals surface area contributed by atoms with Crippen molar-refractivity contribution in [3.05, 3.63) is 29.6 Å². The van der Waals surface area contributed by atoms with Gasteiger partial charge in [-0.25, -0.2) is 4.39 Å². The lowest BCUT2D eigenvalue weighted by molar-refractivity contribution is -0.148. The molecule has 1 N–H and O–H groups in total. The van der Waals surface area contributed by atoms with E-state index in [1.54, 1.807) is 0 Å². The van der Waals surface area contributed by atoms with Crippen molar-refractivity contribution in [3.8, 4) is 5.75 Å². The van der Waals surface area contributed by atoms with Crippen LogP contribution in [0.3, 0.4) is 0 Å². The third-order valence-corrected chi connectivity index (χ3v) is 2.50. The lowest BCUT2D eigenvalue weighted by Gasteiger charge is -2.19. The number of hydrogen-bond donors (Lipinski definition) is 1. The van der Waals surface area contributed by atoms with Crippen molar-refractivity contribution < 1.29 is 23.8 Å². The predicted molar refractivity (Wildman–Crippen MR) is 63.3 cm³/mol. The largest absolute Gasteiger partial charge is 0.492 e. The van der Waals surface area contributed by atoms with E-state index in [1.807, 2.05) is 0 Å². The lowest BCUT2D eigenvalue weighted by atomic mass is 9.95. The van der Waals surface area contributed by atoms with E-state index in [9.17, 15) is 14.0 Å². The van der Waals surface area contributed by atoms with Gasteiger partial charge in [0, 0.05) is 6.07 Å². The number of rotatable bonds is 5. The van der Waals surface area contributed by atoms with Gasteiger partial charge >= 0.3 is 5.97 Å². The molecule has 0 saturated carbocycles. The fraction of sp³-hybridized carbons (Fsp3) is 0.385. The first-order chi connectivity index (χ1) is 8.24. The molecule has 0 amide bonds. The summed E-state index contributed by atoms with van der Waals surface area (Å²) in [6, 6.07) is 3.84. The van der Waals surface area contributed by atoms with Gasteiger partial charge in [-0.1, -0.05) is 0 Å². The molecule has 1 aromatic carbocycles. The Hall–Kier alpha value is -1.91. The Morgan fingerprint density at radius 1 is 1.39 bits per heavy atom. The highest BCUT2D eigenvalue weighted by atomic mass is 19.1. The molecule has 0 aliphatic carbocycles. The second-order valence-corrected chi connectivity index (χ2v) is 4.68. The van der Waals surface area contributed by atoms with Crippen molar-refractivity contribution in [3.63, 3.8) is 0 Å². The number of carbonyl (C=O) groups is 2. The van der Waals surface area contributed by atoms with Gasteiger partial charge in [0.1, 0.15) is 18.2 Å². The molecule has 0 unspecified atom stereocenters. The molecular formula is C13H15FO4. The van der Waals surface area contributed by atoms with Gasteiger partial charge in [-0.3, -0.25) is 9.59 Å². The van der Waals surface area contributed by atoms with Crippen LogP contribution < -0.4 is 4.74 Å². The van der Waals surface area contributed by atoms with Crippen LogP contribution in [-0.2, 0) is 4.79 Å². The first kappa shape index (κ1) is 14.2. The average molecular weight is 254 g/mol. The Balaban J connectivity index is 2.79. The van der Waals surface area contributed by atoms with E-state index in [4.69, 9.17) is 9.84 Å². The Morgan fingerprint density at radius 3 is 2.44 bits per heavy atom. The van der Waals surface area contributed by atoms with Gasteiger partial charge in [-0.05, 0) is 32.9 Å². The number of halogens is 1. The van der Waals surface area contributed by atoms with Gasteiger partial charge in [-0.15, -0.1) is 0 Å². The van der Waals surface area contributed by atoms with Crippen LogP contribution >= 0.6 is 0 Å². The molecule has 0 aromatic heterocycles. The molecule has 0 atom stereocenters. The molecule has 98 valence electrons. The van der Waals surface area contributed by atoms with E-state index in [2.05, 4.69) is 0 Å². The number of ketones is 1. The Labute approximate surface area is 104 Å². The normalized spacial score (nSPS) is 11.1. The zero-order chi connectivity index (χ0) is 13.9. The highest BCUT2D eigenvalue weighted by Crippen LogP contribution is 2.21. The number of aliphatic carboxylic acids is 1. The van der Waals surface area contributed by atoms with Crippen molar-refractivity contribution in [2.75, 3.05) is 6.61 Å². The van der Waals surface area contributed by atoms with Crippen molar-refractivity contribution in [1.29, 1.82) is 0 Å². The predicted octanol–water partition coefficient (Wildman–Crippen LogP) is 2.52. The number of Topliss-reactive ketones (excluding diaryl/α,β-unsaturated/α-hetero) is 1. The molecule has 0 heterocycles. The maximum Gasteiger partial charge on any atom is 0.312 e. The summed E-state index contributed by atoms with van der Waals surface area (Å²) in [4.78, 5) is 21.9. The van der Waals surface area contributed by atoms with Crippen molar-refractivity contribution in [1.82, 2.24) is 0 Å². The van der Waals surface area contributed by atoms with Crippen LogP contribution in [0.25, 0.3) is 0 Å². The second kappa shape index (κ2) is 5.16. The third kappa shape index (κ3) is 3.29. The smallest absolute Gasteiger partial charge is 0.312 e. The molecule has 0 radical (unpaired) electrons. The minimum Gasteiger partial charge on any atom is -0.492 e. The summed E-state index contributed by atoms with van der Waals surface area (Å²) in [6.45, 7) is 4.21. The van der Waals surface area contributed by atoms with E-state index in [1.165, 1.54) is 32.9 Å². The van der Waals surface area contributed by atoms with Crippen LogP contribution in [0.2, 0.25) is 0 Å². The number of carboxylic acids is 1. The highest BCUT2D eigenvalue weighted by molar-refractivity contribution is 5.94. The standard InChI is InChI=1S/C13H15FO4/c1-8(15)10-5-4-9(6-11(10)14)18-7-13(2,3)12(16)17/h4-6H,7H2,1-3H3,(H,16,17). The Bertz CT molecular complexity index is 480. The van der Waals surface area contributed by atoms with Gasteiger partial charge in [0.05, 0.1) is 11.0 Å². The van der Waals surface area contributed by atoms with Gasteiger partial charge in [-0.2, -0.15) is 0 Å². The number of benzene rings is 1. The van der Waals surface area contributed by atoms with E-state index in [-0.39, 0.29) is 23.7 Å². The summed E-state index contributed by atoms with van der Waals surface area (Å²) in [5.41, 5.74) is -1.07. The zero-order valence-electron chi connectivity index (χ0n) is 10.5. The first-order valence-corrected chi connectivity index (χ1v) is 5.41. The summed E-state index contributed by atoms with van der Waals surface area (Å²) in [5, 5.41) is 8.89. The highest BCUT2D eigenvalue weighted by Gasteiger charge is 2.28. The van der Waals surface area contributed by atoms with Crippen LogP contribution in [0.4, 0.5) is 4.39 Å².